The molecule has 0 N–H and O–H groups in total. The Hall–Kier alpha value is -0.640. The molecule has 0 amide bonds. The van der Waals surface area contributed by atoms with Crippen molar-refractivity contribution in [3.63, 3.8) is 0 Å². The Morgan fingerprint density at radius 1 is 1.00 bits per heavy atom. The van der Waals surface area contributed by atoms with Gasteiger partial charge in [-0.3, -0.25) is 0 Å². The summed E-state index contributed by atoms with van der Waals surface area (Å²) >= 11 is 1.63. The Kier molecular flexibility index (Phi) is 1.67. The molecule has 0 aromatic carbocycles. The molecule has 15 heavy (non-hydrogen) atoms. The van der Waals surface area contributed by atoms with Crippen molar-refractivity contribution in [3.05, 3.63) is 5.82 Å². The summed E-state index contributed by atoms with van der Waals surface area (Å²) in [5.41, 5.74) is 0. The van der Waals surface area contributed by atoms with Gasteiger partial charge >= 0.3 is 0 Å². The fourth-order valence-corrected chi connectivity index (χ4v) is 3.96. The Morgan fingerprint density at radius 2 is 1.67 bits per heavy atom. The molecule has 1 aromatic rings. The predicted molar refractivity (Wildman–Crippen MR) is 60.4 cm³/mol. The standard InChI is InChI=1S/C11H15N3S/c1-2-7(1)10-12-11(15-13-10)14-8-3-4-9(14)6-5-8/h7-9H,1-6H2. The van der Waals surface area contributed by atoms with Crippen LogP contribution in [0.4, 0.5) is 5.13 Å². The molecule has 2 saturated heterocycles. The van der Waals surface area contributed by atoms with Gasteiger partial charge in [-0.15, -0.1) is 0 Å². The second kappa shape index (κ2) is 2.94. The lowest BCUT2D eigenvalue weighted by Crippen LogP contribution is -2.27. The molecule has 4 rings (SSSR count). The third-order valence-corrected chi connectivity index (χ3v) is 4.79. The first-order chi connectivity index (χ1) is 7.42. The van der Waals surface area contributed by atoms with E-state index in [-0.39, 0.29) is 0 Å². The molecule has 3 nitrogen and oxygen atoms in total. The molecule has 0 unspecified atom stereocenters. The molecule has 0 radical (unpaired) electrons. The highest BCUT2D eigenvalue weighted by atomic mass is 32.1. The first kappa shape index (κ1) is 8.50. The van der Waals surface area contributed by atoms with Crippen molar-refractivity contribution in [2.24, 2.45) is 0 Å². The van der Waals surface area contributed by atoms with E-state index in [9.17, 15) is 0 Å². The summed E-state index contributed by atoms with van der Waals surface area (Å²) in [6.45, 7) is 0. The lowest BCUT2D eigenvalue weighted by atomic mass is 10.0. The Labute approximate surface area is 93.7 Å². The highest BCUT2D eigenvalue weighted by molar-refractivity contribution is 7.09. The molecule has 0 spiro atoms. The molecule has 2 aliphatic heterocycles. The number of hydrogen-bond donors (Lipinski definition) is 0. The number of rotatable bonds is 2. The summed E-state index contributed by atoms with van der Waals surface area (Å²) in [6.07, 6.45) is 8.13. The maximum atomic E-state index is 4.73. The SMILES string of the molecule is C1CC1c1nsc(N2C3CCC2CC3)n1. The van der Waals surface area contributed by atoms with Gasteiger partial charge < -0.3 is 4.90 Å². The van der Waals surface area contributed by atoms with Gasteiger partial charge in [0, 0.05) is 29.5 Å². The van der Waals surface area contributed by atoms with E-state index in [4.69, 9.17) is 4.98 Å². The summed E-state index contributed by atoms with van der Waals surface area (Å²) in [5, 5.41) is 1.21. The summed E-state index contributed by atoms with van der Waals surface area (Å²) in [6, 6.07) is 1.57. The minimum Gasteiger partial charge on any atom is -0.341 e. The molecular weight excluding hydrogens is 206 g/mol. The van der Waals surface area contributed by atoms with Crippen molar-refractivity contribution in [3.8, 4) is 0 Å². The van der Waals surface area contributed by atoms with E-state index in [0.29, 0.717) is 5.92 Å². The molecule has 1 aliphatic carbocycles. The highest BCUT2D eigenvalue weighted by Gasteiger charge is 2.41. The van der Waals surface area contributed by atoms with Crippen molar-refractivity contribution >= 4 is 16.7 Å². The van der Waals surface area contributed by atoms with E-state index in [0.717, 1.165) is 17.9 Å². The third kappa shape index (κ3) is 1.24. The number of aromatic nitrogens is 2. The van der Waals surface area contributed by atoms with Crippen molar-refractivity contribution < 1.29 is 0 Å². The van der Waals surface area contributed by atoms with Gasteiger partial charge in [0.1, 0.15) is 5.82 Å². The number of fused-ring (bicyclic) bond motifs is 2. The smallest absolute Gasteiger partial charge is 0.205 e. The van der Waals surface area contributed by atoms with E-state index in [1.807, 2.05) is 0 Å². The van der Waals surface area contributed by atoms with Gasteiger partial charge in [0.25, 0.3) is 0 Å². The van der Waals surface area contributed by atoms with Crippen LogP contribution in [0.2, 0.25) is 0 Å². The largest absolute Gasteiger partial charge is 0.341 e. The van der Waals surface area contributed by atoms with Crippen molar-refractivity contribution in [2.75, 3.05) is 4.90 Å². The Morgan fingerprint density at radius 3 is 2.27 bits per heavy atom. The molecule has 80 valence electrons. The van der Waals surface area contributed by atoms with Crippen molar-refractivity contribution in [1.82, 2.24) is 9.36 Å². The van der Waals surface area contributed by atoms with Gasteiger partial charge in [0.2, 0.25) is 5.13 Å². The number of nitrogens with zero attached hydrogens (tertiary/aromatic N) is 3. The zero-order valence-corrected chi connectivity index (χ0v) is 9.54. The minimum absolute atomic E-state index is 0.704. The summed E-state index contributed by atoms with van der Waals surface area (Å²) in [4.78, 5) is 7.29. The lowest BCUT2D eigenvalue weighted by molar-refractivity contribution is 0.576. The first-order valence-corrected chi connectivity index (χ1v) is 6.81. The summed E-state index contributed by atoms with van der Waals surface area (Å²) in [5.74, 6) is 1.83. The van der Waals surface area contributed by atoms with Crippen LogP contribution in [0.3, 0.4) is 0 Å². The molecule has 0 atom stereocenters. The van der Waals surface area contributed by atoms with Gasteiger partial charge in [-0.25, -0.2) is 4.98 Å². The van der Waals surface area contributed by atoms with Crippen LogP contribution in [0.25, 0.3) is 0 Å². The average Bonchev–Trinajstić information content (AvgIpc) is 2.75. The van der Waals surface area contributed by atoms with Crippen molar-refractivity contribution in [1.29, 1.82) is 0 Å². The molecule has 3 heterocycles. The van der Waals surface area contributed by atoms with E-state index >= 15 is 0 Å². The number of hydrogen-bond acceptors (Lipinski definition) is 4. The van der Waals surface area contributed by atoms with Crippen LogP contribution in [-0.4, -0.2) is 21.4 Å². The van der Waals surface area contributed by atoms with Gasteiger partial charge in [0.05, 0.1) is 0 Å². The molecule has 4 heteroatoms. The molecule has 1 saturated carbocycles. The predicted octanol–water partition coefficient (Wildman–Crippen LogP) is 2.55. The highest BCUT2D eigenvalue weighted by Crippen LogP contribution is 2.44. The molecule has 2 bridgehead atoms. The lowest BCUT2D eigenvalue weighted by Gasteiger charge is -2.19. The zero-order chi connectivity index (χ0) is 9.83. The first-order valence-electron chi connectivity index (χ1n) is 6.04. The van der Waals surface area contributed by atoms with E-state index in [1.165, 1.54) is 43.7 Å². The van der Waals surface area contributed by atoms with E-state index in [2.05, 4.69) is 9.27 Å². The van der Waals surface area contributed by atoms with Crippen LogP contribution in [-0.2, 0) is 0 Å². The monoisotopic (exact) mass is 221 g/mol. The Bertz CT molecular complexity index is 365. The maximum Gasteiger partial charge on any atom is 0.205 e. The average molecular weight is 221 g/mol. The van der Waals surface area contributed by atoms with Crippen LogP contribution < -0.4 is 4.90 Å². The second-order valence-electron chi connectivity index (χ2n) is 5.08. The van der Waals surface area contributed by atoms with Crippen LogP contribution in [0.5, 0.6) is 0 Å². The maximum absolute atomic E-state index is 4.73. The van der Waals surface area contributed by atoms with Crippen molar-refractivity contribution in [2.45, 2.75) is 56.5 Å². The topological polar surface area (TPSA) is 29.0 Å². The molecule has 1 aromatic heterocycles. The fourth-order valence-electron chi connectivity index (χ4n) is 3.06. The molecule has 3 aliphatic rings. The van der Waals surface area contributed by atoms with Crippen LogP contribution in [0, 0.1) is 0 Å². The van der Waals surface area contributed by atoms with E-state index < -0.39 is 0 Å². The van der Waals surface area contributed by atoms with Gasteiger partial charge in [-0.05, 0) is 38.5 Å². The van der Waals surface area contributed by atoms with Crippen LogP contribution in [0.15, 0.2) is 0 Å². The minimum atomic E-state index is 0.704. The summed E-state index contributed by atoms with van der Waals surface area (Å²) < 4.78 is 4.51. The quantitative estimate of drug-likeness (QED) is 0.768. The fraction of sp³-hybridized carbons (Fsp3) is 0.818. The molecular formula is C11H15N3S. The number of anilines is 1. The van der Waals surface area contributed by atoms with Crippen LogP contribution >= 0.6 is 11.5 Å². The van der Waals surface area contributed by atoms with Gasteiger partial charge in [0.15, 0.2) is 0 Å². The van der Waals surface area contributed by atoms with Gasteiger partial charge in [-0.2, -0.15) is 4.37 Å². The molecule has 3 fully saturated rings. The third-order valence-electron chi connectivity index (χ3n) is 4.05. The second-order valence-corrected chi connectivity index (χ2v) is 5.81. The Balaban J connectivity index is 1.65. The summed E-state index contributed by atoms with van der Waals surface area (Å²) in [7, 11) is 0. The zero-order valence-electron chi connectivity index (χ0n) is 8.72. The van der Waals surface area contributed by atoms with Crippen LogP contribution in [0.1, 0.15) is 50.3 Å². The normalized spacial score (nSPS) is 34.0. The van der Waals surface area contributed by atoms with Gasteiger partial charge in [-0.1, -0.05) is 0 Å². The van der Waals surface area contributed by atoms with E-state index in [1.54, 1.807) is 11.5 Å².